The normalized spacial score (nSPS) is 10.4. The average Bonchev–Trinajstić information content (AvgIpc) is 2.38. The molecule has 2 rings (SSSR count). The molecule has 3 N–H and O–H groups in total. The van der Waals surface area contributed by atoms with Gasteiger partial charge in [-0.2, -0.15) is 4.98 Å². The molecule has 9 heteroatoms. The molecule has 0 radical (unpaired) electrons. The van der Waals surface area contributed by atoms with E-state index in [1.54, 1.807) is 0 Å². The maximum atomic E-state index is 13.4. The number of rotatable bonds is 3. The number of hydrogen-bond acceptors (Lipinski definition) is 5. The van der Waals surface area contributed by atoms with Gasteiger partial charge in [0.05, 0.1) is 20.2 Å². The summed E-state index contributed by atoms with van der Waals surface area (Å²) in [6.07, 6.45) is 1.46. The van der Waals surface area contributed by atoms with Gasteiger partial charge in [-0.15, -0.1) is 0 Å². The van der Waals surface area contributed by atoms with Gasteiger partial charge in [0, 0.05) is 6.07 Å². The van der Waals surface area contributed by atoms with Gasteiger partial charge in [0.2, 0.25) is 11.8 Å². The molecule has 1 heterocycles. The zero-order chi connectivity index (χ0) is 14.0. The second-order valence-corrected chi connectivity index (χ2v) is 5.41. The minimum Gasteiger partial charge on any atom is -0.436 e. The van der Waals surface area contributed by atoms with Crippen LogP contribution in [0.4, 0.5) is 10.3 Å². The average molecular weight is 412 g/mol. The molecule has 100 valence electrons. The zero-order valence-corrected chi connectivity index (χ0v) is 13.1. The molecular formula is C10H6Br2ClFN4O. The van der Waals surface area contributed by atoms with E-state index in [1.807, 2.05) is 0 Å². The summed E-state index contributed by atoms with van der Waals surface area (Å²) in [5.74, 6) is 5.19. The van der Waals surface area contributed by atoms with E-state index < -0.39 is 5.82 Å². The fourth-order valence-electron chi connectivity index (χ4n) is 1.18. The van der Waals surface area contributed by atoms with Crippen molar-refractivity contribution in [3.8, 4) is 11.6 Å². The highest BCUT2D eigenvalue weighted by Crippen LogP contribution is 2.35. The molecule has 0 amide bonds. The first kappa shape index (κ1) is 14.4. The fraction of sp³-hybridized carbons (Fsp3) is 0. The highest BCUT2D eigenvalue weighted by atomic mass is 79.9. The summed E-state index contributed by atoms with van der Waals surface area (Å²) in [6.45, 7) is 0. The lowest BCUT2D eigenvalue weighted by Gasteiger charge is -2.10. The summed E-state index contributed by atoms with van der Waals surface area (Å²) in [7, 11) is 0. The number of nitrogens with zero attached hydrogens (tertiary/aromatic N) is 2. The first-order chi connectivity index (χ1) is 9.01. The topological polar surface area (TPSA) is 73.1 Å². The summed E-state index contributed by atoms with van der Waals surface area (Å²) >= 11 is 12.1. The summed E-state index contributed by atoms with van der Waals surface area (Å²) in [5, 5.41) is -0.00899. The van der Waals surface area contributed by atoms with E-state index >= 15 is 0 Å². The van der Waals surface area contributed by atoms with Crippen molar-refractivity contribution < 1.29 is 9.13 Å². The minimum atomic E-state index is -0.595. The van der Waals surface area contributed by atoms with Gasteiger partial charge in [-0.1, -0.05) is 11.6 Å². The highest BCUT2D eigenvalue weighted by Gasteiger charge is 2.12. The van der Waals surface area contributed by atoms with Crippen molar-refractivity contribution in [1.82, 2.24) is 9.97 Å². The van der Waals surface area contributed by atoms with Gasteiger partial charge in [-0.3, -0.25) is 5.43 Å². The molecular weight excluding hydrogens is 406 g/mol. The van der Waals surface area contributed by atoms with Crippen LogP contribution in [0.15, 0.2) is 27.3 Å². The third-order valence-electron chi connectivity index (χ3n) is 2.02. The molecule has 1 aromatic heterocycles. The molecule has 0 fully saturated rings. The van der Waals surface area contributed by atoms with E-state index in [-0.39, 0.29) is 22.6 Å². The van der Waals surface area contributed by atoms with E-state index in [0.29, 0.717) is 8.95 Å². The van der Waals surface area contributed by atoms with E-state index in [0.717, 1.165) is 6.07 Å². The monoisotopic (exact) mass is 410 g/mol. The Balaban J connectivity index is 2.38. The molecule has 1 aromatic carbocycles. The van der Waals surface area contributed by atoms with Crippen LogP contribution in [0.3, 0.4) is 0 Å². The maximum Gasteiger partial charge on any atom is 0.240 e. The molecule has 5 nitrogen and oxygen atoms in total. The summed E-state index contributed by atoms with van der Waals surface area (Å²) < 4.78 is 19.9. The van der Waals surface area contributed by atoms with Gasteiger partial charge in [-0.05, 0) is 37.9 Å². The Morgan fingerprint density at radius 2 is 2.05 bits per heavy atom. The van der Waals surface area contributed by atoms with Crippen molar-refractivity contribution in [2.75, 3.05) is 5.43 Å². The molecule has 0 spiro atoms. The van der Waals surface area contributed by atoms with Crippen molar-refractivity contribution in [3.05, 3.63) is 38.1 Å². The molecule has 0 bridgehead atoms. The Morgan fingerprint density at radius 1 is 1.32 bits per heavy atom. The van der Waals surface area contributed by atoms with Gasteiger partial charge in [0.15, 0.2) is 0 Å². The molecule has 0 aliphatic carbocycles. The lowest BCUT2D eigenvalue weighted by Crippen LogP contribution is -2.10. The second kappa shape index (κ2) is 6.00. The molecule has 0 unspecified atom stereocenters. The van der Waals surface area contributed by atoms with Crippen molar-refractivity contribution in [2.24, 2.45) is 5.84 Å². The molecule has 19 heavy (non-hydrogen) atoms. The van der Waals surface area contributed by atoms with Crippen molar-refractivity contribution in [1.29, 1.82) is 0 Å². The number of benzene rings is 1. The third-order valence-corrected chi connectivity index (χ3v) is 3.48. The van der Waals surface area contributed by atoms with Crippen molar-refractivity contribution >= 4 is 49.4 Å². The van der Waals surface area contributed by atoms with E-state index in [4.69, 9.17) is 22.2 Å². The number of hydrogen-bond donors (Lipinski definition) is 2. The third kappa shape index (κ3) is 3.33. The predicted octanol–water partition coefficient (Wildman–Crippen LogP) is 3.87. The molecule has 0 aliphatic rings. The first-order valence-corrected chi connectivity index (χ1v) is 6.79. The lowest BCUT2D eigenvalue weighted by molar-refractivity contribution is 0.451. The summed E-state index contributed by atoms with van der Waals surface area (Å²) in [5.41, 5.74) is 2.29. The van der Waals surface area contributed by atoms with E-state index in [9.17, 15) is 4.39 Å². The van der Waals surface area contributed by atoms with Gasteiger partial charge < -0.3 is 4.74 Å². The minimum absolute atomic E-state index is 0.00899. The van der Waals surface area contributed by atoms with E-state index in [2.05, 4.69) is 47.3 Å². The van der Waals surface area contributed by atoms with Crippen LogP contribution in [-0.4, -0.2) is 9.97 Å². The fourth-order valence-corrected chi connectivity index (χ4v) is 2.17. The Bertz CT molecular complexity index is 629. The van der Waals surface area contributed by atoms with Crippen molar-refractivity contribution in [3.63, 3.8) is 0 Å². The predicted molar refractivity (Wildman–Crippen MR) is 76.7 cm³/mol. The maximum absolute atomic E-state index is 13.4. The SMILES string of the molecule is NNc1ncc(Br)c(Oc2cc(F)c(Cl)cc2Br)n1. The van der Waals surface area contributed by atoms with E-state index in [1.165, 1.54) is 12.3 Å². The first-order valence-electron chi connectivity index (χ1n) is 4.83. The highest BCUT2D eigenvalue weighted by molar-refractivity contribution is 9.11. The lowest BCUT2D eigenvalue weighted by atomic mass is 10.3. The van der Waals surface area contributed by atoms with Gasteiger partial charge in [-0.25, -0.2) is 15.2 Å². The number of hydrazine groups is 1. The summed E-state index contributed by atoms with van der Waals surface area (Å²) in [6, 6.07) is 2.54. The Hall–Kier alpha value is -0.960. The Labute approximate surface area is 129 Å². The van der Waals surface area contributed by atoms with Crippen LogP contribution in [0.2, 0.25) is 5.02 Å². The molecule has 2 aromatic rings. The summed E-state index contributed by atoms with van der Waals surface area (Å²) in [4.78, 5) is 7.86. The van der Waals surface area contributed by atoms with Crippen LogP contribution in [-0.2, 0) is 0 Å². The van der Waals surface area contributed by atoms with Crippen LogP contribution in [0.1, 0.15) is 0 Å². The molecule has 0 atom stereocenters. The standard InChI is InChI=1S/C10H6Br2ClFN4O/c11-4-1-6(13)7(14)2-8(4)19-9-5(12)3-16-10(17-9)18-15/h1-3H,15H2,(H,16,17,18). The van der Waals surface area contributed by atoms with Crippen LogP contribution < -0.4 is 16.0 Å². The molecule has 0 saturated heterocycles. The number of nitrogen functional groups attached to an aromatic ring is 1. The smallest absolute Gasteiger partial charge is 0.240 e. The quantitative estimate of drug-likeness (QED) is 0.455. The van der Waals surface area contributed by atoms with Gasteiger partial charge in [0.1, 0.15) is 11.6 Å². The Kier molecular flexibility index (Phi) is 4.56. The Morgan fingerprint density at radius 3 is 2.74 bits per heavy atom. The van der Waals surface area contributed by atoms with Crippen LogP contribution in [0.25, 0.3) is 0 Å². The number of ether oxygens (including phenoxy) is 1. The largest absolute Gasteiger partial charge is 0.436 e. The molecule has 0 aliphatic heterocycles. The number of nitrogens with two attached hydrogens (primary N) is 1. The van der Waals surface area contributed by atoms with Crippen LogP contribution >= 0.6 is 43.5 Å². The number of anilines is 1. The number of halogens is 4. The van der Waals surface area contributed by atoms with Gasteiger partial charge in [0.25, 0.3) is 0 Å². The van der Waals surface area contributed by atoms with Crippen molar-refractivity contribution in [2.45, 2.75) is 0 Å². The van der Waals surface area contributed by atoms with Gasteiger partial charge >= 0.3 is 0 Å². The zero-order valence-electron chi connectivity index (χ0n) is 9.12. The van der Waals surface area contributed by atoms with Crippen LogP contribution in [0.5, 0.6) is 11.6 Å². The van der Waals surface area contributed by atoms with Crippen LogP contribution in [0, 0.1) is 5.82 Å². The second-order valence-electron chi connectivity index (χ2n) is 3.29. The number of aromatic nitrogens is 2. The molecule has 0 saturated carbocycles. The number of nitrogens with one attached hydrogen (secondary N) is 1.